The molecule has 1 aromatic rings. The first-order chi connectivity index (χ1) is 15.2. The molecule has 3 heteroatoms. The van der Waals surface area contributed by atoms with Crippen molar-refractivity contribution in [3.05, 3.63) is 47.5 Å². The number of allylic oxidation sites excluding steroid dienone is 2. The summed E-state index contributed by atoms with van der Waals surface area (Å²) in [5, 5.41) is 8.55. The Labute approximate surface area is 188 Å². The molecule has 2 fully saturated rings. The van der Waals surface area contributed by atoms with Gasteiger partial charge in [-0.25, -0.2) is 0 Å². The van der Waals surface area contributed by atoms with E-state index in [1.165, 1.54) is 30.4 Å². The van der Waals surface area contributed by atoms with Crippen molar-refractivity contribution in [2.75, 3.05) is 0 Å². The second-order valence-electron chi connectivity index (χ2n) is 9.58. The maximum atomic E-state index is 12.7. The molecular formula is C28H39NO2. The van der Waals surface area contributed by atoms with Crippen LogP contribution in [0.2, 0.25) is 0 Å². The van der Waals surface area contributed by atoms with Crippen LogP contribution >= 0.6 is 0 Å². The second-order valence-corrected chi connectivity index (χ2v) is 9.58. The highest BCUT2D eigenvalue weighted by Gasteiger charge is 2.30. The number of ether oxygens (including phenoxy) is 1. The zero-order chi connectivity index (χ0) is 21.9. The fourth-order valence-corrected chi connectivity index (χ4v) is 5.27. The highest BCUT2D eigenvalue weighted by atomic mass is 16.5. The summed E-state index contributed by atoms with van der Waals surface area (Å²) in [6, 6.07) is 11.3. The van der Waals surface area contributed by atoms with Gasteiger partial charge in [0.1, 0.15) is 6.10 Å². The highest BCUT2D eigenvalue weighted by Crippen LogP contribution is 2.36. The van der Waals surface area contributed by atoms with E-state index in [0.717, 1.165) is 64.2 Å². The number of unbranched alkanes of at least 4 members (excludes halogenated alkanes) is 1. The summed E-state index contributed by atoms with van der Waals surface area (Å²) in [6.07, 6.45) is 17.8. The molecular weight excluding hydrogens is 382 g/mol. The Kier molecular flexibility index (Phi) is 9.66. The average Bonchev–Trinajstić information content (AvgIpc) is 2.82. The van der Waals surface area contributed by atoms with Crippen LogP contribution in [0.4, 0.5) is 0 Å². The lowest BCUT2D eigenvalue weighted by Crippen LogP contribution is -2.29. The van der Waals surface area contributed by atoms with Crippen LogP contribution in [0.5, 0.6) is 0 Å². The van der Waals surface area contributed by atoms with Crippen LogP contribution in [-0.4, -0.2) is 12.1 Å². The number of hydrogen-bond donors (Lipinski definition) is 0. The van der Waals surface area contributed by atoms with Crippen LogP contribution in [0.3, 0.4) is 0 Å². The first-order valence-electron chi connectivity index (χ1n) is 12.5. The van der Waals surface area contributed by atoms with E-state index in [0.29, 0.717) is 11.8 Å². The fraction of sp³-hybridized carbons (Fsp3) is 0.643. The topological polar surface area (TPSA) is 50.1 Å². The van der Waals surface area contributed by atoms with E-state index in [1.54, 1.807) is 6.08 Å². The summed E-state index contributed by atoms with van der Waals surface area (Å²) in [6.45, 7) is 2.24. The van der Waals surface area contributed by atoms with Crippen LogP contribution in [0.1, 0.15) is 101 Å². The molecule has 31 heavy (non-hydrogen) atoms. The average molecular weight is 422 g/mol. The van der Waals surface area contributed by atoms with E-state index in [1.807, 2.05) is 12.1 Å². The third-order valence-corrected chi connectivity index (χ3v) is 7.34. The van der Waals surface area contributed by atoms with E-state index in [9.17, 15) is 4.79 Å². The maximum Gasteiger partial charge on any atom is 0.309 e. The smallest absolute Gasteiger partial charge is 0.309 e. The van der Waals surface area contributed by atoms with Crippen molar-refractivity contribution < 1.29 is 9.53 Å². The molecule has 0 atom stereocenters. The van der Waals surface area contributed by atoms with Gasteiger partial charge < -0.3 is 4.74 Å². The van der Waals surface area contributed by atoms with Gasteiger partial charge in [0.15, 0.2) is 0 Å². The molecule has 2 saturated carbocycles. The molecule has 0 radical (unpaired) electrons. The SMILES string of the molecule is CCCCc1ccc(C2CCC(OC(=O)C3CCC(CCC=CC#N)CC3)CC2)cc1. The zero-order valence-corrected chi connectivity index (χ0v) is 19.2. The standard InChI is InChI=1S/C28H39NO2/c1-2-3-7-22-9-13-24(14-10-22)25-17-19-27(20-18-25)31-28(30)26-15-11-23(12-16-26)8-5-4-6-21-29/h4,6,9-10,13-14,23,25-27H,2-3,5,7-8,11-12,15-20H2,1H3. The molecule has 1 aromatic carbocycles. The Balaban J connectivity index is 1.35. The number of esters is 1. The lowest BCUT2D eigenvalue weighted by Gasteiger charge is -2.31. The quantitative estimate of drug-likeness (QED) is 0.311. The first-order valence-corrected chi connectivity index (χ1v) is 12.5. The third kappa shape index (κ3) is 7.53. The molecule has 0 aromatic heterocycles. The van der Waals surface area contributed by atoms with Gasteiger partial charge >= 0.3 is 5.97 Å². The van der Waals surface area contributed by atoms with Crippen LogP contribution in [0.15, 0.2) is 36.4 Å². The van der Waals surface area contributed by atoms with Gasteiger partial charge in [-0.3, -0.25) is 4.79 Å². The predicted octanol–water partition coefficient (Wildman–Crippen LogP) is 7.26. The molecule has 3 rings (SSSR count). The molecule has 2 aliphatic carbocycles. The molecule has 0 aliphatic heterocycles. The van der Waals surface area contributed by atoms with Gasteiger partial charge in [-0.05, 0) is 100 Å². The van der Waals surface area contributed by atoms with E-state index in [4.69, 9.17) is 10.00 Å². The number of rotatable bonds is 9. The number of hydrogen-bond acceptors (Lipinski definition) is 3. The van der Waals surface area contributed by atoms with Crippen LogP contribution in [0.25, 0.3) is 0 Å². The van der Waals surface area contributed by atoms with Crippen LogP contribution in [0, 0.1) is 23.2 Å². The molecule has 2 aliphatic rings. The number of aryl methyl sites for hydroxylation is 1. The second kappa shape index (κ2) is 12.7. The summed E-state index contributed by atoms with van der Waals surface area (Å²) in [7, 11) is 0. The Morgan fingerprint density at radius 3 is 2.42 bits per heavy atom. The van der Waals surface area contributed by atoms with E-state index >= 15 is 0 Å². The minimum absolute atomic E-state index is 0.0477. The molecule has 0 bridgehead atoms. The summed E-state index contributed by atoms with van der Waals surface area (Å²) in [5.74, 6) is 1.45. The van der Waals surface area contributed by atoms with Gasteiger partial charge in [0, 0.05) is 6.08 Å². The van der Waals surface area contributed by atoms with Gasteiger partial charge in [0.25, 0.3) is 0 Å². The van der Waals surface area contributed by atoms with Crippen molar-refractivity contribution in [2.45, 2.75) is 102 Å². The lowest BCUT2D eigenvalue weighted by atomic mass is 9.79. The van der Waals surface area contributed by atoms with Crippen LogP contribution in [-0.2, 0) is 16.0 Å². The van der Waals surface area contributed by atoms with Crippen molar-refractivity contribution in [3.8, 4) is 6.07 Å². The minimum Gasteiger partial charge on any atom is -0.462 e. The van der Waals surface area contributed by atoms with Gasteiger partial charge in [-0.1, -0.05) is 43.7 Å². The number of carbonyl (C=O) groups excluding carboxylic acids is 1. The Bertz CT molecular complexity index is 729. The highest BCUT2D eigenvalue weighted by molar-refractivity contribution is 5.72. The predicted molar refractivity (Wildman–Crippen MR) is 126 cm³/mol. The number of benzene rings is 1. The van der Waals surface area contributed by atoms with Gasteiger partial charge in [0.05, 0.1) is 12.0 Å². The van der Waals surface area contributed by atoms with Crippen molar-refractivity contribution in [1.29, 1.82) is 5.26 Å². The molecule has 0 N–H and O–H groups in total. The summed E-state index contributed by atoms with van der Waals surface area (Å²) in [4.78, 5) is 12.7. The van der Waals surface area contributed by atoms with Gasteiger partial charge in [-0.2, -0.15) is 5.26 Å². The third-order valence-electron chi connectivity index (χ3n) is 7.34. The summed E-state index contributed by atoms with van der Waals surface area (Å²) < 4.78 is 5.94. The van der Waals surface area contributed by atoms with Crippen molar-refractivity contribution in [2.24, 2.45) is 11.8 Å². The van der Waals surface area contributed by atoms with Crippen molar-refractivity contribution in [1.82, 2.24) is 0 Å². The largest absolute Gasteiger partial charge is 0.462 e. The van der Waals surface area contributed by atoms with Crippen molar-refractivity contribution in [3.63, 3.8) is 0 Å². The van der Waals surface area contributed by atoms with Gasteiger partial charge in [-0.15, -0.1) is 0 Å². The molecule has 0 unspecified atom stereocenters. The monoisotopic (exact) mass is 421 g/mol. The molecule has 0 spiro atoms. The number of nitriles is 1. The van der Waals surface area contributed by atoms with E-state index in [2.05, 4.69) is 31.2 Å². The molecule has 0 amide bonds. The summed E-state index contributed by atoms with van der Waals surface area (Å²) in [5.41, 5.74) is 2.90. The number of nitrogens with zero attached hydrogens (tertiary/aromatic N) is 1. The maximum absolute atomic E-state index is 12.7. The van der Waals surface area contributed by atoms with E-state index < -0.39 is 0 Å². The zero-order valence-electron chi connectivity index (χ0n) is 19.2. The Morgan fingerprint density at radius 2 is 1.77 bits per heavy atom. The molecule has 168 valence electrons. The fourth-order valence-electron chi connectivity index (χ4n) is 5.27. The molecule has 3 nitrogen and oxygen atoms in total. The van der Waals surface area contributed by atoms with E-state index in [-0.39, 0.29) is 18.0 Å². The summed E-state index contributed by atoms with van der Waals surface area (Å²) >= 11 is 0. The van der Waals surface area contributed by atoms with Crippen molar-refractivity contribution >= 4 is 5.97 Å². The Hall–Kier alpha value is -2.08. The lowest BCUT2D eigenvalue weighted by molar-refractivity contribution is -0.157. The van der Waals surface area contributed by atoms with Gasteiger partial charge in [0.2, 0.25) is 0 Å². The molecule has 0 saturated heterocycles. The minimum atomic E-state index is 0.0477. The molecule has 0 heterocycles. The Morgan fingerprint density at radius 1 is 1.06 bits per heavy atom. The normalized spacial score (nSPS) is 26.5. The first kappa shape index (κ1) is 23.6. The number of carbonyl (C=O) groups is 1. The van der Waals surface area contributed by atoms with Crippen LogP contribution < -0.4 is 0 Å².